The van der Waals surface area contributed by atoms with E-state index in [1.807, 2.05) is 41.3 Å². The lowest BCUT2D eigenvalue weighted by Gasteiger charge is -2.26. The zero-order valence-corrected chi connectivity index (χ0v) is 17.8. The Morgan fingerprint density at radius 2 is 2.03 bits per heavy atom. The average Bonchev–Trinajstić information content (AvgIpc) is 3.30. The first-order chi connectivity index (χ1) is 15.2. The van der Waals surface area contributed by atoms with Crippen molar-refractivity contribution in [2.75, 3.05) is 25.1 Å². The van der Waals surface area contributed by atoms with Gasteiger partial charge < -0.3 is 19.7 Å². The number of ether oxygens (including phenoxy) is 2. The Kier molecular flexibility index (Phi) is 7.20. The van der Waals surface area contributed by atoms with Crippen molar-refractivity contribution in [2.45, 2.75) is 51.2 Å². The fraction of sp³-hybridized carbons (Fsp3) is 0.440. The number of rotatable bonds is 9. The summed E-state index contributed by atoms with van der Waals surface area (Å²) in [4.78, 5) is 26.3. The summed E-state index contributed by atoms with van der Waals surface area (Å²) in [5.74, 6) is 0.974. The lowest BCUT2D eigenvalue weighted by atomic mass is 10.0. The van der Waals surface area contributed by atoms with Gasteiger partial charge in [0.1, 0.15) is 5.75 Å². The topological polar surface area (TPSA) is 67.9 Å². The normalized spacial score (nSPS) is 17.7. The van der Waals surface area contributed by atoms with E-state index in [-0.39, 0.29) is 17.9 Å². The summed E-state index contributed by atoms with van der Waals surface area (Å²) in [6, 6.07) is 15.8. The summed E-state index contributed by atoms with van der Waals surface area (Å²) >= 11 is 0. The molecule has 2 amide bonds. The van der Waals surface area contributed by atoms with Gasteiger partial charge in [0.15, 0.2) is 0 Å². The van der Waals surface area contributed by atoms with Crippen LogP contribution in [0.4, 0.5) is 5.69 Å². The first-order valence-electron chi connectivity index (χ1n) is 11.2. The van der Waals surface area contributed by atoms with E-state index in [1.165, 1.54) is 0 Å². The molecule has 0 aliphatic carbocycles. The van der Waals surface area contributed by atoms with Crippen molar-refractivity contribution in [3.63, 3.8) is 0 Å². The number of anilines is 1. The summed E-state index contributed by atoms with van der Waals surface area (Å²) in [6.45, 7) is 2.52. The molecule has 0 spiro atoms. The van der Waals surface area contributed by atoms with Crippen LogP contribution in [0.25, 0.3) is 0 Å². The number of carbonyl (C=O) groups excluding carboxylic acids is 2. The van der Waals surface area contributed by atoms with Crippen LogP contribution in [0, 0.1) is 0 Å². The maximum Gasteiger partial charge on any atom is 0.224 e. The van der Waals surface area contributed by atoms with Crippen LogP contribution in [0.15, 0.2) is 48.5 Å². The van der Waals surface area contributed by atoms with Gasteiger partial charge in [-0.25, -0.2) is 0 Å². The molecule has 2 aromatic rings. The van der Waals surface area contributed by atoms with Gasteiger partial charge in [-0.1, -0.05) is 30.3 Å². The van der Waals surface area contributed by atoms with Crippen molar-refractivity contribution in [1.82, 2.24) is 4.90 Å². The van der Waals surface area contributed by atoms with Gasteiger partial charge >= 0.3 is 0 Å². The molecule has 2 aromatic carbocycles. The molecule has 4 rings (SSSR count). The highest BCUT2D eigenvalue weighted by Gasteiger charge is 2.22. The van der Waals surface area contributed by atoms with Gasteiger partial charge in [-0.05, 0) is 55.0 Å². The zero-order valence-electron chi connectivity index (χ0n) is 17.8. The van der Waals surface area contributed by atoms with Crippen molar-refractivity contribution in [3.8, 4) is 5.75 Å². The SMILES string of the molecule is O=C1CCc2cc(OCCCC(=O)N(Cc3ccccc3)CC3CCCO3)ccc2N1. The Labute approximate surface area is 183 Å². The Balaban J connectivity index is 1.27. The minimum Gasteiger partial charge on any atom is -0.494 e. The van der Waals surface area contributed by atoms with Crippen molar-refractivity contribution >= 4 is 17.5 Å². The van der Waals surface area contributed by atoms with Crippen molar-refractivity contribution in [3.05, 3.63) is 59.7 Å². The highest BCUT2D eigenvalue weighted by molar-refractivity contribution is 5.94. The van der Waals surface area contributed by atoms with Crippen LogP contribution >= 0.6 is 0 Å². The molecule has 1 saturated heterocycles. The zero-order chi connectivity index (χ0) is 21.5. The molecule has 1 atom stereocenters. The minimum atomic E-state index is 0.0581. The lowest BCUT2D eigenvalue weighted by molar-refractivity contribution is -0.133. The van der Waals surface area contributed by atoms with Crippen LogP contribution in [0.3, 0.4) is 0 Å². The number of benzene rings is 2. The third kappa shape index (κ3) is 6.07. The number of fused-ring (bicyclic) bond motifs is 1. The summed E-state index contributed by atoms with van der Waals surface area (Å²) in [6.07, 6.45) is 4.56. The van der Waals surface area contributed by atoms with Crippen molar-refractivity contribution in [2.24, 2.45) is 0 Å². The van der Waals surface area contributed by atoms with Gasteiger partial charge in [-0.3, -0.25) is 9.59 Å². The summed E-state index contributed by atoms with van der Waals surface area (Å²) in [5, 5.41) is 2.88. The highest BCUT2D eigenvalue weighted by Crippen LogP contribution is 2.27. The molecule has 0 aromatic heterocycles. The van der Waals surface area contributed by atoms with Crippen LogP contribution in [0.1, 0.15) is 43.2 Å². The van der Waals surface area contributed by atoms with Crippen molar-refractivity contribution < 1.29 is 19.1 Å². The molecule has 1 fully saturated rings. The quantitative estimate of drug-likeness (QED) is 0.622. The van der Waals surface area contributed by atoms with Gasteiger partial charge in [0, 0.05) is 38.2 Å². The Bertz CT molecular complexity index is 894. The number of nitrogens with one attached hydrogen (secondary N) is 1. The Morgan fingerprint density at radius 3 is 2.84 bits per heavy atom. The molecule has 164 valence electrons. The van der Waals surface area contributed by atoms with Crippen LogP contribution in [0.2, 0.25) is 0 Å². The van der Waals surface area contributed by atoms with Crippen molar-refractivity contribution in [1.29, 1.82) is 0 Å². The van der Waals surface area contributed by atoms with Crippen LogP contribution in [-0.4, -0.2) is 42.6 Å². The van der Waals surface area contributed by atoms with Gasteiger partial charge in [0.2, 0.25) is 11.8 Å². The van der Waals surface area contributed by atoms with Gasteiger partial charge in [-0.15, -0.1) is 0 Å². The Morgan fingerprint density at radius 1 is 1.16 bits per heavy atom. The molecule has 2 heterocycles. The summed E-state index contributed by atoms with van der Waals surface area (Å²) in [5.41, 5.74) is 3.09. The molecule has 1 N–H and O–H groups in total. The van der Waals surface area contributed by atoms with E-state index in [0.717, 1.165) is 48.4 Å². The van der Waals surface area contributed by atoms with E-state index < -0.39 is 0 Å². The summed E-state index contributed by atoms with van der Waals surface area (Å²) in [7, 11) is 0. The van der Waals surface area contributed by atoms with E-state index in [2.05, 4.69) is 17.4 Å². The third-order valence-corrected chi connectivity index (χ3v) is 5.79. The van der Waals surface area contributed by atoms with E-state index in [4.69, 9.17) is 9.47 Å². The van der Waals surface area contributed by atoms with Gasteiger partial charge in [-0.2, -0.15) is 0 Å². The smallest absolute Gasteiger partial charge is 0.224 e. The van der Waals surface area contributed by atoms with Crippen LogP contribution in [-0.2, 0) is 27.3 Å². The summed E-state index contributed by atoms with van der Waals surface area (Å²) < 4.78 is 11.6. The number of carbonyl (C=O) groups is 2. The standard InChI is InChI=1S/C25H30N2O4/c28-24-13-10-20-16-21(11-12-23(20)26-24)30-15-5-9-25(29)27(18-22-8-4-14-31-22)17-19-6-2-1-3-7-19/h1-3,6-7,11-12,16,22H,4-5,8-10,13-15,17-18H2,(H,26,28). The molecule has 0 bridgehead atoms. The number of hydrogen-bond donors (Lipinski definition) is 1. The largest absolute Gasteiger partial charge is 0.494 e. The fourth-order valence-corrected chi connectivity index (χ4v) is 4.11. The van der Waals surface area contributed by atoms with E-state index in [1.54, 1.807) is 0 Å². The second kappa shape index (κ2) is 10.4. The molecule has 0 saturated carbocycles. The van der Waals surface area contributed by atoms with Crippen LogP contribution in [0.5, 0.6) is 5.75 Å². The lowest BCUT2D eigenvalue weighted by Crippen LogP contribution is -2.37. The first-order valence-corrected chi connectivity index (χ1v) is 11.2. The first kappa shape index (κ1) is 21.4. The monoisotopic (exact) mass is 422 g/mol. The maximum atomic E-state index is 12.9. The van der Waals surface area contributed by atoms with E-state index in [0.29, 0.717) is 39.0 Å². The van der Waals surface area contributed by atoms with Gasteiger partial charge in [0.25, 0.3) is 0 Å². The van der Waals surface area contributed by atoms with Crippen LogP contribution < -0.4 is 10.1 Å². The molecule has 6 heteroatoms. The predicted octanol–water partition coefficient (Wildman–Crippen LogP) is 3.94. The predicted molar refractivity (Wildman–Crippen MR) is 119 cm³/mol. The van der Waals surface area contributed by atoms with Gasteiger partial charge in [0.05, 0.1) is 12.7 Å². The molecule has 2 aliphatic heterocycles. The average molecular weight is 423 g/mol. The highest BCUT2D eigenvalue weighted by atomic mass is 16.5. The number of aryl methyl sites for hydroxylation is 1. The third-order valence-electron chi connectivity index (χ3n) is 5.79. The maximum absolute atomic E-state index is 12.9. The molecule has 6 nitrogen and oxygen atoms in total. The number of nitrogens with zero attached hydrogens (tertiary/aromatic N) is 1. The fourth-order valence-electron chi connectivity index (χ4n) is 4.11. The Hall–Kier alpha value is -2.86. The number of amides is 2. The second-order valence-electron chi connectivity index (χ2n) is 8.21. The minimum absolute atomic E-state index is 0.0581. The van der Waals surface area contributed by atoms with E-state index >= 15 is 0 Å². The molecular formula is C25H30N2O4. The number of hydrogen-bond acceptors (Lipinski definition) is 4. The second-order valence-corrected chi connectivity index (χ2v) is 8.21. The van der Waals surface area contributed by atoms with E-state index in [9.17, 15) is 9.59 Å². The molecule has 1 unspecified atom stereocenters. The molecule has 0 radical (unpaired) electrons. The molecule has 31 heavy (non-hydrogen) atoms. The molecule has 2 aliphatic rings. The molecular weight excluding hydrogens is 392 g/mol.